The van der Waals surface area contributed by atoms with E-state index >= 15 is 0 Å². The molecule has 29 heavy (non-hydrogen) atoms. The molecule has 0 N–H and O–H groups in total. The van der Waals surface area contributed by atoms with Gasteiger partial charge in [-0.1, -0.05) is 0 Å². The van der Waals surface area contributed by atoms with Crippen molar-refractivity contribution in [2.45, 2.75) is 79.6 Å². The summed E-state index contributed by atoms with van der Waals surface area (Å²) in [5.41, 5.74) is 0.898. The molecule has 0 aliphatic rings. The molecule has 0 aromatic carbocycles. The first-order valence-corrected chi connectivity index (χ1v) is 10.5. The van der Waals surface area contributed by atoms with Gasteiger partial charge in [0, 0.05) is 0 Å². The minimum atomic E-state index is -0.323. The van der Waals surface area contributed by atoms with Crippen LogP contribution in [-0.4, -0.2) is 68.0 Å². The normalized spacial score (nSPS) is 14.8. The Morgan fingerprint density at radius 1 is 0.517 bits per heavy atom. The molecular weight excluding hydrogens is 392 g/mol. The van der Waals surface area contributed by atoms with Crippen molar-refractivity contribution < 1.29 is 19.0 Å². The average Bonchev–Trinajstić information content (AvgIpc) is 2.90. The largest absolute Gasteiger partial charge is 0.624 e. The second kappa shape index (κ2) is 10.4. The van der Waals surface area contributed by atoms with E-state index in [1.54, 1.807) is 55.4 Å². The van der Waals surface area contributed by atoms with Gasteiger partial charge in [-0.2, -0.15) is 0 Å². The van der Waals surface area contributed by atoms with E-state index in [2.05, 4.69) is 0 Å². The molecule has 0 aliphatic carbocycles. The van der Waals surface area contributed by atoms with Crippen molar-refractivity contribution >= 4 is 36.2 Å². The average molecular weight is 425 g/mol. The van der Waals surface area contributed by atoms with Gasteiger partial charge in [-0.25, -0.2) is 19.0 Å². The predicted molar refractivity (Wildman–Crippen MR) is 120 cm³/mol. The predicted octanol–water partition coefficient (Wildman–Crippen LogP) is 3.10. The van der Waals surface area contributed by atoms with E-state index < -0.39 is 0 Å². The summed E-state index contributed by atoms with van der Waals surface area (Å²) >= 11 is 1.20. The highest BCUT2D eigenvalue weighted by molar-refractivity contribution is 7.16. The summed E-state index contributed by atoms with van der Waals surface area (Å²) in [4.78, 5) is 1.03. The lowest BCUT2D eigenvalue weighted by Gasteiger charge is -2.10. The summed E-state index contributed by atoms with van der Waals surface area (Å²) in [6, 6.07) is -1.23. The zero-order valence-electron chi connectivity index (χ0n) is 18.4. The molecule has 8 nitrogen and oxygen atoms in total. The van der Waals surface area contributed by atoms with E-state index in [1.807, 2.05) is 0 Å². The van der Waals surface area contributed by atoms with Crippen LogP contribution in [0.4, 0.5) is 0 Å². The van der Waals surface area contributed by atoms with Gasteiger partial charge in [-0.3, -0.25) is 0 Å². The maximum Gasteiger partial charge on any atom is 0.193 e. The Morgan fingerprint density at radius 3 is 1.00 bits per heavy atom. The first-order chi connectivity index (χ1) is 13.3. The van der Waals surface area contributed by atoms with Gasteiger partial charge in [0.2, 0.25) is 0 Å². The van der Waals surface area contributed by atoms with Gasteiger partial charge in [0.25, 0.3) is 0 Å². The van der Waals surface area contributed by atoms with Crippen LogP contribution in [0.1, 0.15) is 76.3 Å². The highest BCUT2D eigenvalue weighted by atomic mass is 32.1. The van der Waals surface area contributed by atoms with E-state index in [1.165, 1.54) is 36.2 Å². The van der Waals surface area contributed by atoms with Gasteiger partial charge < -0.3 is 20.8 Å². The highest BCUT2D eigenvalue weighted by Crippen LogP contribution is 2.25. The number of hydroxylamine groups is 4. The minimum Gasteiger partial charge on any atom is -0.624 e. The quantitative estimate of drug-likeness (QED) is 0.277. The van der Waals surface area contributed by atoms with E-state index in [9.17, 15) is 20.8 Å². The van der Waals surface area contributed by atoms with Gasteiger partial charge in [0.15, 0.2) is 49.0 Å². The van der Waals surface area contributed by atoms with E-state index in [-0.39, 0.29) is 24.2 Å². The summed E-state index contributed by atoms with van der Waals surface area (Å²) in [7, 11) is 0. The highest BCUT2D eigenvalue weighted by Gasteiger charge is 2.24. The second-order valence-corrected chi connectivity index (χ2v) is 9.07. The smallest absolute Gasteiger partial charge is 0.193 e. The van der Waals surface area contributed by atoms with Crippen molar-refractivity contribution in [3.05, 3.63) is 41.7 Å². The van der Waals surface area contributed by atoms with Crippen LogP contribution in [0, 0.1) is 20.8 Å². The maximum atomic E-state index is 12.4. The van der Waals surface area contributed by atoms with Gasteiger partial charge >= 0.3 is 0 Å². The molecule has 0 fully saturated rings. The molecule has 0 bridgehead atoms. The molecule has 162 valence electrons. The van der Waals surface area contributed by atoms with Crippen LogP contribution in [0.25, 0.3) is 0 Å². The van der Waals surface area contributed by atoms with Crippen LogP contribution < -0.4 is 0 Å². The third-order valence-corrected chi connectivity index (χ3v) is 5.17. The third kappa shape index (κ3) is 6.85. The molecule has 1 aromatic heterocycles. The minimum absolute atomic E-state index is 0.295. The third-order valence-electron chi connectivity index (χ3n) is 4.08. The van der Waals surface area contributed by atoms with Crippen molar-refractivity contribution in [2.75, 3.05) is 0 Å². The lowest BCUT2D eigenvalue weighted by molar-refractivity contribution is -0.488. The SMILES string of the molecule is CC(C)/[N+]([O-])=C/c1sc(/C=[N+](\[O-])C(C)C)c(/C=[N+](/[O-])C(C)C)c1/C=[N+](\[O-])C(C)C. The first-order valence-electron chi connectivity index (χ1n) is 9.73. The number of rotatable bonds is 8. The lowest BCUT2D eigenvalue weighted by atomic mass is 10.1. The van der Waals surface area contributed by atoms with Crippen LogP contribution in [0.15, 0.2) is 0 Å². The molecule has 9 heteroatoms. The molecule has 0 aliphatic heterocycles. The van der Waals surface area contributed by atoms with E-state index in [0.717, 1.165) is 19.0 Å². The van der Waals surface area contributed by atoms with Gasteiger partial charge in [-0.05, 0) is 55.4 Å². The molecule has 0 spiro atoms. The Bertz CT molecular complexity index is 767. The summed E-state index contributed by atoms with van der Waals surface area (Å²) in [5, 5.41) is 49.3. The van der Waals surface area contributed by atoms with Crippen molar-refractivity contribution in [1.29, 1.82) is 0 Å². The molecule has 1 aromatic rings. The molecule has 1 heterocycles. The fourth-order valence-corrected chi connectivity index (χ4v) is 3.13. The Hall–Kier alpha value is -2.42. The van der Waals surface area contributed by atoms with Crippen molar-refractivity contribution in [2.24, 2.45) is 0 Å². The van der Waals surface area contributed by atoms with E-state index in [4.69, 9.17) is 0 Å². The Labute approximate surface area is 176 Å². The molecule has 0 saturated carbocycles. The monoisotopic (exact) mass is 424 g/mol. The molecule has 0 radical (unpaired) electrons. The van der Waals surface area contributed by atoms with E-state index in [0.29, 0.717) is 20.9 Å². The standard InChI is InChI=1S/C20H32N4O4S/c1-13(2)21(25)9-17-18(10-22(26)14(3)4)20(12-24(28)16(7)8)29-19(17)11-23(27)15(5)6/h9-16H,1-8H3/b21-9-,22-10+,23-11-,24-12-. The molecular formula is C20H32N4O4S. The number of nitrogens with zero attached hydrogens (tertiary/aromatic N) is 4. The van der Waals surface area contributed by atoms with Crippen LogP contribution in [0.3, 0.4) is 0 Å². The number of hydrogen-bond acceptors (Lipinski definition) is 5. The summed E-state index contributed by atoms with van der Waals surface area (Å²) in [6.07, 6.45) is 5.56. The molecule has 0 amide bonds. The Kier molecular flexibility index (Phi) is 8.81. The lowest BCUT2D eigenvalue weighted by Crippen LogP contribution is -2.20. The fourth-order valence-electron chi connectivity index (χ4n) is 2.03. The van der Waals surface area contributed by atoms with Crippen molar-refractivity contribution in [1.82, 2.24) is 0 Å². The van der Waals surface area contributed by atoms with Crippen LogP contribution >= 0.6 is 11.3 Å². The molecule has 0 unspecified atom stereocenters. The summed E-state index contributed by atoms with van der Waals surface area (Å²) in [6.45, 7) is 14.0. The summed E-state index contributed by atoms with van der Waals surface area (Å²) in [5.74, 6) is 0. The Morgan fingerprint density at radius 2 is 0.759 bits per heavy atom. The topological polar surface area (TPSA) is 104 Å². The Balaban J connectivity index is 3.92. The van der Waals surface area contributed by atoms with Crippen molar-refractivity contribution in [3.8, 4) is 0 Å². The number of thiophene rings is 1. The van der Waals surface area contributed by atoms with Crippen LogP contribution in [0.5, 0.6) is 0 Å². The van der Waals surface area contributed by atoms with Crippen LogP contribution in [0.2, 0.25) is 0 Å². The van der Waals surface area contributed by atoms with Gasteiger partial charge in [0.1, 0.15) is 9.75 Å². The maximum absolute atomic E-state index is 12.4. The number of hydrogen-bond donors (Lipinski definition) is 0. The second-order valence-electron chi connectivity index (χ2n) is 7.99. The zero-order valence-corrected chi connectivity index (χ0v) is 19.3. The molecule has 0 atom stereocenters. The van der Waals surface area contributed by atoms with Crippen LogP contribution in [-0.2, 0) is 0 Å². The van der Waals surface area contributed by atoms with Gasteiger partial charge in [-0.15, -0.1) is 11.3 Å². The molecule has 0 saturated heterocycles. The zero-order chi connectivity index (χ0) is 22.5. The summed E-state index contributed by atoms with van der Waals surface area (Å²) < 4.78 is 3.12. The van der Waals surface area contributed by atoms with Crippen molar-refractivity contribution in [3.63, 3.8) is 0 Å². The molecule has 1 rings (SSSR count). The van der Waals surface area contributed by atoms with Gasteiger partial charge in [0.05, 0.1) is 11.1 Å². The fraction of sp³-hybridized carbons (Fsp3) is 0.600. The first kappa shape index (κ1) is 24.6.